The van der Waals surface area contributed by atoms with Gasteiger partial charge in [0, 0.05) is 17.3 Å². The summed E-state index contributed by atoms with van der Waals surface area (Å²) in [7, 11) is 0. The molecule has 142 valence electrons. The molecule has 2 nitrogen and oxygen atoms in total. The van der Waals surface area contributed by atoms with Crippen molar-refractivity contribution < 1.29 is 0 Å². The fraction of sp³-hybridized carbons (Fsp3) is 0. The van der Waals surface area contributed by atoms with Crippen molar-refractivity contribution in [2.24, 2.45) is 0 Å². The quantitative estimate of drug-likeness (QED) is 0.329. The fourth-order valence-electron chi connectivity index (χ4n) is 3.62. The van der Waals surface area contributed by atoms with Crippen molar-refractivity contribution in [1.29, 1.82) is 0 Å². The first kappa shape index (κ1) is 18.0. The van der Waals surface area contributed by atoms with Gasteiger partial charge in [-0.1, -0.05) is 91.0 Å². The van der Waals surface area contributed by atoms with Crippen molar-refractivity contribution >= 4 is 0 Å². The lowest BCUT2D eigenvalue weighted by Crippen LogP contribution is -1.93. The first-order chi connectivity index (χ1) is 14.9. The summed E-state index contributed by atoms with van der Waals surface area (Å²) < 4.78 is 0. The average molecular weight is 384 g/mol. The Morgan fingerprint density at radius 3 is 1.40 bits per heavy atom. The zero-order valence-corrected chi connectivity index (χ0v) is 16.4. The van der Waals surface area contributed by atoms with Gasteiger partial charge in [0.05, 0.1) is 5.69 Å². The molecule has 0 aliphatic carbocycles. The summed E-state index contributed by atoms with van der Waals surface area (Å²) in [4.78, 5) is 9.47. The number of benzene rings is 4. The molecule has 0 saturated carbocycles. The van der Waals surface area contributed by atoms with Crippen LogP contribution in [0.15, 0.2) is 121 Å². The fourth-order valence-corrected chi connectivity index (χ4v) is 3.62. The van der Waals surface area contributed by atoms with Gasteiger partial charge in [-0.15, -0.1) is 0 Å². The Bertz CT molecular complexity index is 1210. The summed E-state index contributed by atoms with van der Waals surface area (Å²) in [6.45, 7) is 0. The SMILES string of the molecule is c1ccc(-c2cc(-c3ccccc3)cc(-c3nccc(-c4ccccc4)n3)c2)cc1. The molecule has 0 aliphatic rings. The smallest absolute Gasteiger partial charge is 0.159 e. The van der Waals surface area contributed by atoms with E-state index >= 15 is 0 Å². The minimum atomic E-state index is 0.728. The van der Waals surface area contributed by atoms with E-state index in [1.165, 1.54) is 11.1 Å². The van der Waals surface area contributed by atoms with Crippen LogP contribution in [0.25, 0.3) is 44.9 Å². The first-order valence-electron chi connectivity index (χ1n) is 10.0. The maximum Gasteiger partial charge on any atom is 0.159 e. The molecule has 5 rings (SSSR count). The molecule has 0 bridgehead atoms. The molecule has 0 saturated heterocycles. The summed E-state index contributed by atoms with van der Waals surface area (Å²) >= 11 is 0. The molecule has 30 heavy (non-hydrogen) atoms. The predicted molar refractivity (Wildman–Crippen MR) is 124 cm³/mol. The second-order valence-electron chi connectivity index (χ2n) is 7.16. The Morgan fingerprint density at radius 2 is 0.867 bits per heavy atom. The lowest BCUT2D eigenvalue weighted by atomic mass is 9.96. The number of hydrogen-bond acceptors (Lipinski definition) is 2. The first-order valence-corrected chi connectivity index (χ1v) is 10.0. The van der Waals surface area contributed by atoms with Crippen LogP contribution in [0.2, 0.25) is 0 Å². The van der Waals surface area contributed by atoms with E-state index in [-0.39, 0.29) is 0 Å². The van der Waals surface area contributed by atoms with Gasteiger partial charge < -0.3 is 0 Å². The molecule has 0 unspecified atom stereocenters. The van der Waals surface area contributed by atoms with Crippen LogP contribution < -0.4 is 0 Å². The molecule has 5 aromatic rings. The van der Waals surface area contributed by atoms with Crippen molar-refractivity contribution in [3.8, 4) is 44.9 Å². The van der Waals surface area contributed by atoms with E-state index in [1.807, 2.05) is 42.6 Å². The highest BCUT2D eigenvalue weighted by Gasteiger charge is 2.10. The van der Waals surface area contributed by atoms with Crippen LogP contribution in [0.1, 0.15) is 0 Å². The molecule has 0 spiro atoms. The standard InChI is InChI=1S/C28H20N2/c1-4-10-21(11-5-1)24-18-25(22-12-6-2-7-13-22)20-26(19-24)28-29-17-16-27(30-28)23-14-8-3-9-15-23/h1-20H. The molecule has 0 radical (unpaired) electrons. The molecule has 1 heterocycles. The molecule has 4 aromatic carbocycles. The summed E-state index contributed by atoms with van der Waals surface area (Å²) in [6.07, 6.45) is 1.84. The van der Waals surface area contributed by atoms with Gasteiger partial charge in [-0.2, -0.15) is 0 Å². The van der Waals surface area contributed by atoms with Gasteiger partial charge in [0.2, 0.25) is 0 Å². The van der Waals surface area contributed by atoms with Crippen molar-refractivity contribution in [2.75, 3.05) is 0 Å². The molecule has 0 atom stereocenters. The summed E-state index contributed by atoms with van der Waals surface area (Å²) in [5.41, 5.74) is 7.68. The third-order valence-electron chi connectivity index (χ3n) is 5.13. The van der Waals surface area contributed by atoms with Crippen LogP contribution >= 0.6 is 0 Å². The van der Waals surface area contributed by atoms with Crippen LogP contribution in [-0.2, 0) is 0 Å². The lowest BCUT2D eigenvalue weighted by Gasteiger charge is -2.11. The van der Waals surface area contributed by atoms with Gasteiger partial charge in [0.1, 0.15) is 0 Å². The number of aromatic nitrogens is 2. The Labute approximate surface area is 176 Å². The summed E-state index contributed by atoms with van der Waals surface area (Å²) in [5.74, 6) is 0.728. The van der Waals surface area contributed by atoms with Gasteiger partial charge in [-0.3, -0.25) is 0 Å². The highest BCUT2D eigenvalue weighted by Crippen LogP contribution is 2.32. The summed E-state index contributed by atoms with van der Waals surface area (Å²) in [6, 6.07) is 39.6. The molecule has 0 N–H and O–H groups in total. The Morgan fingerprint density at radius 1 is 0.400 bits per heavy atom. The average Bonchev–Trinajstić information content (AvgIpc) is 2.85. The van der Waals surface area contributed by atoms with Crippen LogP contribution in [0.4, 0.5) is 0 Å². The van der Waals surface area contributed by atoms with E-state index in [4.69, 9.17) is 4.98 Å². The molecule has 0 amide bonds. The minimum Gasteiger partial charge on any atom is -0.237 e. The van der Waals surface area contributed by atoms with Gasteiger partial charge in [-0.25, -0.2) is 9.97 Å². The zero-order valence-electron chi connectivity index (χ0n) is 16.4. The van der Waals surface area contributed by atoms with E-state index in [0.717, 1.165) is 33.8 Å². The Balaban J connectivity index is 1.67. The van der Waals surface area contributed by atoms with Crippen LogP contribution in [-0.4, -0.2) is 9.97 Å². The Kier molecular flexibility index (Phi) is 4.89. The Hall–Kier alpha value is -4.04. The molecule has 1 aromatic heterocycles. The van der Waals surface area contributed by atoms with E-state index in [9.17, 15) is 0 Å². The second-order valence-corrected chi connectivity index (χ2v) is 7.16. The normalized spacial score (nSPS) is 10.7. The molecular weight excluding hydrogens is 364 g/mol. The van der Waals surface area contributed by atoms with Crippen molar-refractivity contribution in [3.63, 3.8) is 0 Å². The van der Waals surface area contributed by atoms with E-state index in [0.29, 0.717) is 0 Å². The molecular formula is C28H20N2. The van der Waals surface area contributed by atoms with Crippen molar-refractivity contribution in [2.45, 2.75) is 0 Å². The maximum atomic E-state index is 4.87. The monoisotopic (exact) mass is 384 g/mol. The molecule has 0 fully saturated rings. The number of hydrogen-bond donors (Lipinski definition) is 0. The second kappa shape index (κ2) is 8.14. The summed E-state index contributed by atoms with van der Waals surface area (Å²) in [5, 5.41) is 0. The van der Waals surface area contributed by atoms with Crippen molar-refractivity contribution in [3.05, 3.63) is 121 Å². The largest absolute Gasteiger partial charge is 0.237 e. The van der Waals surface area contributed by atoms with Gasteiger partial charge >= 0.3 is 0 Å². The van der Waals surface area contributed by atoms with Crippen molar-refractivity contribution in [1.82, 2.24) is 9.97 Å². The van der Waals surface area contributed by atoms with Crippen LogP contribution in [0.3, 0.4) is 0 Å². The topological polar surface area (TPSA) is 25.8 Å². The zero-order chi connectivity index (χ0) is 20.2. The third-order valence-corrected chi connectivity index (χ3v) is 5.13. The van der Waals surface area contributed by atoms with Crippen LogP contribution in [0, 0.1) is 0 Å². The predicted octanol–water partition coefficient (Wildman–Crippen LogP) is 7.14. The van der Waals surface area contributed by atoms with E-state index in [2.05, 4.69) is 83.8 Å². The number of nitrogens with zero attached hydrogens (tertiary/aromatic N) is 2. The highest BCUT2D eigenvalue weighted by atomic mass is 14.9. The maximum absolute atomic E-state index is 4.87. The minimum absolute atomic E-state index is 0.728. The molecule has 2 heteroatoms. The highest BCUT2D eigenvalue weighted by molar-refractivity contribution is 5.79. The third kappa shape index (κ3) is 3.76. The van der Waals surface area contributed by atoms with Gasteiger partial charge in [0.15, 0.2) is 5.82 Å². The van der Waals surface area contributed by atoms with Gasteiger partial charge in [-0.05, 0) is 46.5 Å². The number of rotatable bonds is 4. The van der Waals surface area contributed by atoms with Gasteiger partial charge in [0.25, 0.3) is 0 Å². The van der Waals surface area contributed by atoms with E-state index < -0.39 is 0 Å². The molecule has 0 aliphatic heterocycles. The van der Waals surface area contributed by atoms with E-state index in [1.54, 1.807) is 0 Å². The lowest BCUT2D eigenvalue weighted by molar-refractivity contribution is 1.18. The van der Waals surface area contributed by atoms with Crippen LogP contribution in [0.5, 0.6) is 0 Å².